The van der Waals surface area contributed by atoms with Gasteiger partial charge < -0.3 is 5.32 Å². The number of carbonyl (C=O) groups excluding carboxylic acids is 1. The minimum atomic E-state index is -0.275. The summed E-state index contributed by atoms with van der Waals surface area (Å²) in [4.78, 5) is 12.2. The first kappa shape index (κ1) is 13.5. The van der Waals surface area contributed by atoms with Crippen LogP contribution in [-0.2, 0) is 0 Å². The van der Waals surface area contributed by atoms with Gasteiger partial charge >= 0.3 is 0 Å². The minimum absolute atomic E-state index is 0.112. The lowest BCUT2D eigenvalue weighted by molar-refractivity contribution is 0.0910. The van der Waals surface area contributed by atoms with Crippen molar-refractivity contribution < 1.29 is 9.18 Å². The molecule has 1 amide bonds. The molecule has 18 heavy (non-hydrogen) atoms. The van der Waals surface area contributed by atoms with Crippen molar-refractivity contribution in [3.8, 4) is 0 Å². The second kappa shape index (κ2) is 5.39. The highest BCUT2D eigenvalue weighted by atomic mass is 79.9. The molecule has 1 aromatic rings. The Hall–Kier alpha value is -0.900. The summed E-state index contributed by atoms with van der Waals surface area (Å²) in [5, 5.41) is 3.87. The monoisotopic (exact) mass is 313 g/mol. The summed E-state index contributed by atoms with van der Waals surface area (Å²) in [6.45, 7) is 1.67. The van der Waals surface area contributed by atoms with Gasteiger partial charge in [0.25, 0.3) is 5.91 Å². The third kappa shape index (κ3) is 2.74. The van der Waals surface area contributed by atoms with Crippen LogP contribution in [0.3, 0.4) is 0 Å². The number of hydrogen-bond acceptors (Lipinski definition) is 1. The Morgan fingerprint density at radius 3 is 2.67 bits per heavy atom. The highest BCUT2D eigenvalue weighted by Crippen LogP contribution is 2.31. The summed E-state index contributed by atoms with van der Waals surface area (Å²) in [5.41, 5.74) is 0.905. The van der Waals surface area contributed by atoms with Crippen LogP contribution < -0.4 is 5.32 Å². The van der Waals surface area contributed by atoms with Gasteiger partial charge in [0.05, 0.1) is 5.54 Å². The Morgan fingerprint density at radius 1 is 1.44 bits per heavy atom. The second-order valence-corrected chi connectivity index (χ2v) is 5.60. The van der Waals surface area contributed by atoms with E-state index < -0.39 is 0 Å². The van der Waals surface area contributed by atoms with Gasteiger partial charge in [-0.25, -0.2) is 4.39 Å². The molecule has 0 spiro atoms. The molecule has 0 aromatic heterocycles. The van der Waals surface area contributed by atoms with E-state index in [0.717, 1.165) is 31.0 Å². The van der Waals surface area contributed by atoms with Gasteiger partial charge in [0, 0.05) is 10.9 Å². The standard InChI is InChI=1S/C14H17BrFNO/c1-10-8-11(4-5-12(10)16)13(18)17-14(9-15)6-2-3-7-14/h4-5,8H,2-3,6-7,9H2,1H3,(H,17,18). The first-order chi connectivity index (χ1) is 8.56. The van der Waals surface area contributed by atoms with Crippen LogP contribution in [0.25, 0.3) is 0 Å². The quantitative estimate of drug-likeness (QED) is 0.849. The number of alkyl halides is 1. The number of amides is 1. The summed E-state index contributed by atoms with van der Waals surface area (Å²) in [6, 6.07) is 4.48. The van der Waals surface area contributed by atoms with Crippen LogP contribution in [0, 0.1) is 12.7 Å². The van der Waals surface area contributed by atoms with E-state index in [9.17, 15) is 9.18 Å². The zero-order valence-electron chi connectivity index (χ0n) is 10.4. The van der Waals surface area contributed by atoms with Crippen LogP contribution in [0.4, 0.5) is 4.39 Å². The lowest BCUT2D eigenvalue weighted by Gasteiger charge is -2.28. The van der Waals surface area contributed by atoms with Crippen LogP contribution in [0.15, 0.2) is 18.2 Å². The third-order valence-electron chi connectivity index (χ3n) is 3.62. The number of hydrogen-bond donors (Lipinski definition) is 1. The first-order valence-electron chi connectivity index (χ1n) is 6.21. The fraction of sp³-hybridized carbons (Fsp3) is 0.500. The summed E-state index contributed by atoms with van der Waals surface area (Å²) < 4.78 is 13.2. The van der Waals surface area contributed by atoms with Gasteiger partial charge in [-0.15, -0.1) is 0 Å². The number of halogens is 2. The molecule has 0 heterocycles. The number of aryl methyl sites for hydroxylation is 1. The fourth-order valence-electron chi connectivity index (χ4n) is 2.44. The van der Waals surface area contributed by atoms with E-state index in [4.69, 9.17) is 0 Å². The number of carbonyl (C=O) groups is 1. The van der Waals surface area contributed by atoms with Gasteiger partial charge in [-0.3, -0.25) is 4.79 Å². The maximum absolute atomic E-state index is 13.2. The smallest absolute Gasteiger partial charge is 0.251 e. The molecule has 1 saturated carbocycles. The molecule has 4 heteroatoms. The van der Waals surface area contributed by atoms with Gasteiger partial charge in [-0.2, -0.15) is 0 Å². The van der Waals surface area contributed by atoms with Crippen molar-refractivity contribution in [1.29, 1.82) is 0 Å². The summed E-state index contributed by atoms with van der Waals surface area (Å²) >= 11 is 3.49. The Balaban J connectivity index is 2.13. The molecule has 2 rings (SSSR count). The lowest BCUT2D eigenvalue weighted by Crippen LogP contribution is -2.47. The molecule has 0 atom stereocenters. The van der Waals surface area contributed by atoms with E-state index in [1.165, 1.54) is 12.1 Å². The van der Waals surface area contributed by atoms with Crippen LogP contribution in [-0.4, -0.2) is 16.8 Å². The summed E-state index contributed by atoms with van der Waals surface area (Å²) in [5.74, 6) is -0.387. The molecule has 0 bridgehead atoms. The van der Waals surface area contributed by atoms with Gasteiger partial charge in [0.15, 0.2) is 0 Å². The molecule has 1 aromatic carbocycles. The predicted molar refractivity (Wildman–Crippen MR) is 73.6 cm³/mol. The molecule has 1 N–H and O–H groups in total. The van der Waals surface area contributed by atoms with Crippen LogP contribution in [0.2, 0.25) is 0 Å². The van der Waals surface area contributed by atoms with E-state index in [1.807, 2.05) is 0 Å². The van der Waals surface area contributed by atoms with Crippen molar-refractivity contribution in [1.82, 2.24) is 5.32 Å². The third-order valence-corrected chi connectivity index (χ3v) is 4.69. The normalized spacial score (nSPS) is 17.7. The molecule has 1 aliphatic carbocycles. The SMILES string of the molecule is Cc1cc(C(=O)NC2(CBr)CCCC2)ccc1F. The van der Waals surface area contributed by atoms with Crippen molar-refractivity contribution in [3.63, 3.8) is 0 Å². The number of nitrogens with one attached hydrogen (secondary N) is 1. The molecule has 2 nitrogen and oxygen atoms in total. The van der Waals surface area contributed by atoms with Gasteiger partial charge in [0.1, 0.15) is 5.82 Å². The average Bonchev–Trinajstić information content (AvgIpc) is 2.82. The molecule has 1 aliphatic rings. The number of rotatable bonds is 3. The van der Waals surface area contributed by atoms with E-state index in [0.29, 0.717) is 11.1 Å². The molecule has 98 valence electrons. The second-order valence-electron chi connectivity index (χ2n) is 5.04. The Bertz CT molecular complexity index is 455. The molecule has 1 fully saturated rings. The van der Waals surface area contributed by atoms with Crippen molar-refractivity contribution in [2.75, 3.05) is 5.33 Å². The molecule has 0 unspecified atom stereocenters. The average molecular weight is 314 g/mol. The summed E-state index contributed by atoms with van der Waals surface area (Å²) in [6.07, 6.45) is 4.30. The van der Waals surface area contributed by atoms with Crippen molar-refractivity contribution in [3.05, 3.63) is 35.1 Å². The lowest BCUT2D eigenvalue weighted by atomic mass is 9.99. The highest BCUT2D eigenvalue weighted by Gasteiger charge is 2.34. The largest absolute Gasteiger partial charge is 0.346 e. The number of benzene rings is 1. The van der Waals surface area contributed by atoms with E-state index in [-0.39, 0.29) is 17.3 Å². The molecule has 0 saturated heterocycles. The summed E-state index contributed by atoms with van der Waals surface area (Å²) in [7, 11) is 0. The zero-order valence-corrected chi connectivity index (χ0v) is 12.0. The molecular weight excluding hydrogens is 297 g/mol. The Kier molecular flexibility index (Phi) is 4.05. The van der Waals surface area contributed by atoms with Crippen molar-refractivity contribution in [2.24, 2.45) is 0 Å². The van der Waals surface area contributed by atoms with Crippen LogP contribution in [0.5, 0.6) is 0 Å². The minimum Gasteiger partial charge on any atom is -0.346 e. The highest BCUT2D eigenvalue weighted by molar-refractivity contribution is 9.09. The van der Waals surface area contributed by atoms with Gasteiger partial charge in [0.2, 0.25) is 0 Å². The van der Waals surface area contributed by atoms with Crippen LogP contribution in [0.1, 0.15) is 41.6 Å². The van der Waals surface area contributed by atoms with E-state index in [1.54, 1.807) is 13.0 Å². The topological polar surface area (TPSA) is 29.1 Å². The van der Waals surface area contributed by atoms with Gasteiger partial charge in [-0.1, -0.05) is 28.8 Å². The first-order valence-corrected chi connectivity index (χ1v) is 7.33. The van der Waals surface area contributed by atoms with E-state index >= 15 is 0 Å². The van der Waals surface area contributed by atoms with Gasteiger partial charge in [-0.05, 0) is 43.5 Å². The molecule has 0 radical (unpaired) electrons. The molecular formula is C14H17BrFNO. The zero-order chi connectivity index (χ0) is 13.2. The van der Waals surface area contributed by atoms with Crippen LogP contribution >= 0.6 is 15.9 Å². The maximum atomic E-state index is 13.2. The Morgan fingerprint density at radius 2 is 2.11 bits per heavy atom. The fourth-order valence-corrected chi connectivity index (χ4v) is 3.14. The molecule has 0 aliphatic heterocycles. The van der Waals surface area contributed by atoms with Crippen molar-refractivity contribution >= 4 is 21.8 Å². The van der Waals surface area contributed by atoms with E-state index in [2.05, 4.69) is 21.2 Å². The Labute approximate surface area is 115 Å². The maximum Gasteiger partial charge on any atom is 0.251 e. The predicted octanol–water partition coefficient (Wildman–Crippen LogP) is 3.57. The van der Waals surface area contributed by atoms with Crippen molar-refractivity contribution in [2.45, 2.75) is 38.1 Å².